The Morgan fingerprint density at radius 2 is 1.95 bits per heavy atom. The number of benzene rings is 2. The summed E-state index contributed by atoms with van der Waals surface area (Å²) in [6.45, 7) is 3.73. The molecule has 1 aliphatic rings. The first-order valence-electron chi connectivity index (χ1n) is 12.2. The lowest BCUT2D eigenvalue weighted by atomic mass is 9.98. The van der Waals surface area contributed by atoms with Crippen LogP contribution >= 0.6 is 0 Å². The number of hydrogen-bond donors (Lipinski definition) is 2. The summed E-state index contributed by atoms with van der Waals surface area (Å²) in [6.07, 6.45) is 7.12. The van der Waals surface area contributed by atoms with Crippen LogP contribution in [0.3, 0.4) is 0 Å². The number of rotatable bonds is 5. The number of pyridine rings is 1. The van der Waals surface area contributed by atoms with Gasteiger partial charge >= 0.3 is 0 Å². The van der Waals surface area contributed by atoms with Crippen molar-refractivity contribution in [1.29, 1.82) is 0 Å². The number of nitrogen functional groups attached to an aromatic ring is 1. The smallest absolute Gasteiger partial charge is 0.244 e. The van der Waals surface area contributed by atoms with Crippen molar-refractivity contribution in [3.8, 4) is 28.5 Å². The van der Waals surface area contributed by atoms with Gasteiger partial charge in [0, 0.05) is 42.0 Å². The van der Waals surface area contributed by atoms with Gasteiger partial charge in [-0.2, -0.15) is 0 Å². The second kappa shape index (κ2) is 9.38. The number of hydrogen-bond acceptors (Lipinski definition) is 9. The number of nitrogens with zero attached hydrogens (tertiary/aromatic N) is 5. The molecule has 0 radical (unpaired) electrons. The molecule has 0 aliphatic carbocycles. The second-order valence-corrected chi connectivity index (χ2v) is 9.43. The first kappa shape index (κ1) is 23.8. The van der Waals surface area contributed by atoms with Crippen molar-refractivity contribution in [3.63, 3.8) is 0 Å². The van der Waals surface area contributed by atoms with Crippen LogP contribution in [-0.2, 0) is 13.0 Å². The molecule has 0 saturated carbocycles. The van der Waals surface area contributed by atoms with Crippen LogP contribution in [0, 0.1) is 12.7 Å². The van der Waals surface area contributed by atoms with Crippen molar-refractivity contribution in [3.05, 3.63) is 71.6 Å². The Bertz CT molecular complexity index is 1670. The van der Waals surface area contributed by atoms with Crippen LogP contribution in [0.5, 0.6) is 5.75 Å². The zero-order chi connectivity index (χ0) is 26.4. The van der Waals surface area contributed by atoms with Crippen molar-refractivity contribution < 1.29 is 13.5 Å². The van der Waals surface area contributed by atoms with E-state index in [0.29, 0.717) is 45.3 Å². The average molecular weight is 512 g/mol. The summed E-state index contributed by atoms with van der Waals surface area (Å²) in [7, 11) is 3.74. The van der Waals surface area contributed by atoms with Crippen LogP contribution < -0.4 is 15.8 Å². The molecule has 0 fully saturated rings. The molecule has 0 atom stereocenters. The molecule has 2 aromatic carbocycles. The van der Waals surface area contributed by atoms with E-state index in [0.717, 1.165) is 30.8 Å². The molecule has 4 heterocycles. The third-order valence-electron chi connectivity index (χ3n) is 6.89. The number of halogens is 1. The van der Waals surface area contributed by atoms with Crippen molar-refractivity contribution in [2.45, 2.75) is 19.9 Å². The molecule has 3 N–H and O–H groups in total. The van der Waals surface area contributed by atoms with Gasteiger partial charge in [0.05, 0.1) is 30.2 Å². The molecule has 38 heavy (non-hydrogen) atoms. The van der Waals surface area contributed by atoms with Gasteiger partial charge in [-0.1, -0.05) is 0 Å². The fraction of sp³-hybridized carbons (Fsp3) is 0.214. The molecule has 6 rings (SSSR count). The maximum atomic E-state index is 15.4. The third kappa shape index (κ3) is 4.18. The lowest BCUT2D eigenvalue weighted by molar-refractivity contribution is 0.312. The summed E-state index contributed by atoms with van der Waals surface area (Å²) in [6, 6.07) is 7.61. The van der Waals surface area contributed by atoms with E-state index in [4.69, 9.17) is 14.9 Å². The van der Waals surface area contributed by atoms with Gasteiger partial charge in [-0.05, 0) is 61.3 Å². The first-order valence-corrected chi connectivity index (χ1v) is 12.2. The maximum Gasteiger partial charge on any atom is 0.244 e. The molecule has 0 amide bonds. The zero-order valence-electron chi connectivity index (χ0n) is 21.2. The molecule has 10 heteroatoms. The lowest BCUT2D eigenvalue weighted by Gasteiger charge is -2.26. The summed E-state index contributed by atoms with van der Waals surface area (Å²) in [5.41, 5.74) is 12.2. The van der Waals surface area contributed by atoms with Crippen LogP contribution in [0.2, 0.25) is 0 Å². The van der Waals surface area contributed by atoms with Gasteiger partial charge < -0.3 is 25.1 Å². The van der Waals surface area contributed by atoms with Gasteiger partial charge in [0.15, 0.2) is 5.82 Å². The normalized spacial score (nSPS) is 13.5. The number of anilines is 3. The highest BCUT2D eigenvalue weighted by Gasteiger charge is 2.20. The van der Waals surface area contributed by atoms with E-state index in [1.165, 1.54) is 23.6 Å². The monoisotopic (exact) mass is 511 g/mol. The van der Waals surface area contributed by atoms with E-state index in [-0.39, 0.29) is 5.69 Å². The van der Waals surface area contributed by atoms with Gasteiger partial charge in [0.1, 0.15) is 17.7 Å². The number of ether oxygens (including phenoxy) is 1. The molecule has 0 spiro atoms. The van der Waals surface area contributed by atoms with E-state index in [1.807, 2.05) is 6.92 Å². The Morgan fingerprint density at radius 3 is 2.71 bits per heavy atom. The summed E-state index contributed by atoms with van der Waals surface area (Å²) in [4.78, 5) is 19.9. The number of nitrogens with two attached hydrogens (primary N) is 1. The lowest BCUT2D eigenvalue weighted by Crippen LogP contribution is -2.26. The number of nitrogens with one attached hydrogen (secondary N) is 1. The molecule has 3 aromatic heterocycles. The number of fused-ring (bicyclic) bond motifs is 2. The molecule has 0 bridgehead atoms. The molecule has 9 nitrogen and oxygen atoms in total. The van der Waals surface area contributed by atoms with E-state index in [1.54, 1.807) is 31.6 Å². The van der Waals surface area contributed by atoms with Gasteiger partial charge in [0.25, 0.3) is 0 Å². The highest BCUT2D eigenvalue weighted by atomic mass is 19.1. The van der Waals surface area contributed by atoms with E-state index >= 15 is 4.39 Å². The largest absolute Gasteiger partial charge is 0.495 e. The number of aryl methyl sites for hydroxylation is 1. The highest BCUT2D eigenvalue weighted by Crippen LogP contribution is 2.36. The molecule has 192 valence electrons. The minimum atomic E-state index is -0.545. The first-order chi connectivity index (χ1) is 18.4. The summed E-state index contributed by atoms with van der Waals surface area (Å²) >= 11 is 0. The standard InChI is InChI=1S/C28H26FN7O2/c1-15-8-23(27-31-5-7-38-27)32-12-19(15)18-11-21-20(26(30)25(18)29)13-33-28(34-21)35-22-9-17-14-36(2)6-4-16(17)10-24(22)37-3/h5,7-13H,4,6,14,30H2,1-3H3,(H,33,34,35). The Kier molecular flexibility index (Phi) is 5.88. The zero-order valence-corrected chi connectivity index (χ0v) is 21.2. The average Bonchev–Trinajstić information content (AvgIpc) is 3.46. The molecule has 1 aliphatic heterocycles. The number of aromatic nitrogens is 4. The van der Waals surface area contributed by atoms with Crippen LogP contribution in [0.25, 0.3) is 33.6 Å². The summed E-state index contributed by atoms with van der Waals surface area (Å²) in [5.74, 6) is 0.914. The predicted molar refractivity (Wildman–Crippen MR) is 144 cm³/mol. The second-order valence-electron chi connectivity index (χ2n) is 9.43. The molecule has 0 saturated heterocycles. The quantitative estimate of drug-likeness (QED) is 0.310. The Balaban J connectivity index is 1.39. The molecular weight excluding hydrogens is 485 g/mol. The fourth-order valence-electron chi connectivity index (χ4n) is 4.85. The Hall–Kier alpha value is -4.57. The van der Waals surface area contributed by atoms with Gasteiger partial charge in [-0.15, -0.1) is 0 Å². The predicted octanol–water partition coefficient (Wildman–Crippen LogP) is 5.12. The van der Waals surface area contributed by atoms with Crippen LogP contribution in [0.15, 0.2) is 53.5 Å². The van der Waals surface area contributed by atoms with Crippen molar-refractivity contribution in [1.82, 2.24) is 24.8 Å². The SMILES string of the molecule is COc1cc2c(cc1Nc1ncc3c(N)c(F)c(-c4cnc(-c5ncco5)cc4C)cc3n1)CN(C)CC2. The van der Waals surface area contributed by atoms with Crippen molar-refractivity contribution in [2.24, 2.45) is 0 Å². The van der Waals surface area contributed by atoms with E-state index in [2.05, 4.69) is 49.3 Å². The van der Waals surface area contributed by atoms with Crippen molar-refractivity contribution >= 4 is 28.2 Å². The summed E-state index contributed by atoms with van der Waals surface area (Å²) in [5, 5.41) is 3.71. The number of methoxy groups -OCH3 is 1. The van der Waals surface area contributed by atoms with Gasteiger partial charge in [-0.25, -0.2) is 19.3 Å². The number of oxazole rings is 1. The Morgan fingerprint density at radius 1 is 1.08 bits per heavy atom. The third-order valence-corrected chi connectivity index (χ3v) is 6.89. The maximum absolute atomic E-state index is 15.4. The van der Waals surface area contributed by atoms with E-state index in [9.17, 15) is 0 Å². The molecular formula is C28H26FN7O2. The minimum Gasteiger partial charge on any atom is -0.495 e. The summed E-state index contributed by atoms with van der Waals surface area (Å²) < 4.78 is 26.4. The molecule has 5 aromatic rings. The van der Waals surface area contributed by atoms with Crippen molar-refractivity contribution in [2.75, 3.05) is 31.8 Å². The molecule has 0 unspecified atom stereocenters. The minimum absolute atomic E-state index is 0.0189. The number of likely N-dealkylation sites (N-methyl/N-ethyl adjacent to an activating group) is 1. The van der Waals surface area contributed by atoms with E-state index < -0.39 is 5.82 Å². The fourth-order valence-corrected chi connectivity index (χ4v) is 4.85. The highest BCUT2D eigenvalue weighted by molar-refractivity contribution is 5.95. The van der Waals surface area contributed by atoms with Crippen LogP contribution in [0.1, 0.15) is 16.7 Å². The Labute approximate surface area is 218 Å². The van der Waals surface area contributed by atoms with Gasteiger partial charge in [0.2, 0.25) is 11.8 Å². The topological polar surface area (TPSA) is 115 Å². The van der Waals surface area contributed by atoms with Gasteiger partial charge in [-0.3, -0.25) is 4.98 Å². The van der Waals surface area contributed by atoms with Crippen LogP contribution in [0.4, 0.5) is 21.7 Å². The van der Waals surface area contributed by atoms with Crippen LogP contribution in [-0.4, -0.2) is 45.5 Å².